The number of carbonyl (C=O) groups excluding carboxylic acids is 1. The number of rotatable bonds is 3. The monoisotopic (exact) mass is 314 g/mol. The van der Waals surface area contributed by atoms with E-state index < -0.39 is 42.5 Å². The summed E-state index contributed by atoms with van der Waals surface area (Å²) in [6.07, 6.45) is -5.46. The van der Waals surface area contributed by atoms with Gasteiger partial charge in [0.2, 0.25) is 0 Å². The van der Waals surface area contributed by atoms with Crippen LogP contribution in [0.4, 0.5) is 13.2 Å². The molecule has 20 heavy (non-hydrogen) atoms. The average molecular weight is 314 g/mol. The molecule has 0 spiro atoms. The van der Waals surface area contributed by atoms with Gasteiger partial charge in [-0.2, -0.15) is 18.3 Å². The zero-order valence-electron chi connectivity index (χ0n) is 11.0. The molecule has 0 aliphatic rings. The highest BCUT2D eigenvalue weighted by atomic mass is 31.2. The van der Waals surface area contributed by atoms with E-state index in [9.17, 15) is 22.5 Å². The molecule has 1 heterocycles. The predicted octanol–water partition coefficient (Wildman–Crippen LogP) is 2.02. The smallest absolute Gasteiger partial charge is 0.324 e. The average Bonchev–Trinajstić information content (AvgIpc) is 2.56. The van der Waals surface area contributed by atoms with E-state index in [1.807, 2.05) is 0 Å². The lowest BCUT2D eigenvalue weighted by atomic mass is 10.1. The first-order valence-corrected chi connectivity index (χ1v) is 7.27. The summed E-state index contributed by atoms with van der Waals surface area (Å²) in [5, 5.41) is 3.53. The van der Waals surface area contributed by atoms with Crippen molar-refractivity contribution in [3.05, 3.63) is 17.5 Å². The third kappa shape index (κ3) is 3.91. The van der Waals surface area contributed by atoms with E-state index in [-0.39, 0.29) is 0 Å². The summed E-state index contributed by atoms with van der Waals surface area (Å²) in [6.45, 7) is 4.39. The van der Waals surface area contributed by atoms with Gasteiger partial charge in [-0.1, -0.05) is 0 Å². The number of halogens is 3. The maximum Gasteiger partial charge on any atom is 0.433 e. The molecule has 0 aliphatic carbocycles. The van der Waals surface area contributed by atoms with E-state index in [0.29, 0.717) is 10.9 Å². The van der Waals surface area contributed by atoms with Crippen molar-refractivity contribution in [1.29, 1.82) is 0 Å². The molecule has 0 saturated carbocycles. The van der Waals surface area contributed by atoms with Gasteiger partial charge in [-0.05, 0) is 20.8 Å². The Morgan fingerprint density at radius 2 is 1.85 bits per heavy atom. The van der Waals surface area contributed by atoms with Crippen LogP contribution in [0.25, 0.3) is 0 Å². The van der Waals surface area contributed by atoms with Crippen LogP contribution in [0.5, 0.6) is 0 Å². The van der Waals surface area contributed by atoms with Gasteiger partial charge in [0.15, 0.2) is 11.5 Å². The maximum atomic E-state index is 13.1. The number of hydrogen-bond donors (Lipinski definition) is 2. The Hall–Kier alpha value is -1.18. The second-order valence-corrected chi connectivity index (χ2v) is 6.88. The SMILES string of the molecule is CC(C)(C)n1ncc(C(=O)CP(=O)(O)O)c1C(F)(F)F. The predicted molar refractivity (Wildman–Crippen MR) is 63.5 cm³/mol. The van der Waals surface area contributed by atoms with Crippen LogP contribution in [-0.4, -0.2) is 31.5 Å². The van der Waals surface area contributed by atoms with Crippen LogP contribution < -0.4 is 0 Å². The molecule has 1 rings (SSSR count). The van der Waals surface area contributed by atoms with Gasteiger partial charge in [-0.15, -0.1) is 0 Å². The normalized spacial score (nSPS) is 13.6. The molecule has 0 bridgehead atoms. The van der Waals surface area contributed by atoms with Crippen LogP contribution in [0, 0.1) is 0 Å². The fourth-order valence-electron chi connectivity index (χ4n) is 1.61. The first kappa shape index (κ1) is 16.9. The second-order valence-electron chi connectivity index (χ2n) is 5.23. The molecule has 0 unspecified atom stereocenters. The van der Waals surface area contributed by atoms with Gasteiger partial charge in [-0.3, -0.25) is 14.0 Å². The number of aromatic nitrogens is 2. The van der Waals surface area contributed by atoms with Crippen molar-refractivity contribution in [2.24, 2.45) is 0 Å². The summed E-state index contributed by atoms with van der Waals surface area (Å²) < 4.78 is 50.5. The third-order valence-corrected chi connectivity index (χ3v) is 3.02. The fourth-order valence-corrected chi connectivity index (χ4v) is 2.15. The number of Topliss-reactive ketones (excluding diaryl/α,β-unsaturated/α-hetero) is 1. The number of hydrogen-bond acceptors (Lipinski definition) is 3. The standard InChI is InChI=1S/C10H14F3N2O4P/c1-9(2,3)15-8(10(11,12)13)6(4-14-15)7(16)5-20(17,18)19/h4H,5H2,1-3H3,(H2,17,18,19). The first-order valence-electron chi connectivity index (χ1n) is 5.47. The molecule has 0 radical (unpaired) electrons. The minimum Gasteiger partial charge on any atom is -0.324 e. The Balaban J connectivity index is 3.40. The van der Waals surface area contributed by atoms with Crippen LogP contribution in [0.3, 0.4) is 0 Å². The number of alkyl halides is 3. The van der Waals surface area contributed by atoms with Gasteiger partial charge >= 0.3 is 13.8 Å². The zero-order chi connectivity index (χ0) is 15.9. The summed E-state index contributed by atoms with van der Waals surface area (Å²) in [5.41, 5.74) is -3.18. The van der Waals surface area contributed by atoms with Crippen molar-refractivity contribution in [2.45, 2.75) is 32.5 Å². The van der Waals surface area contributed by atoms with E-state index in [1.165, 1.54) is 20.8 Å². The van der Waals surface area contributed by atoms with Crippen molar-refractivity contribution >= 4 is 13.4 Å². The minimum absolute atomic E-state index is 0.625. The Morgan fingerprint density at radius 3 is 2.20 bits per heavy atom. The highest BCUT2D eigenvalue weighted by molar-refractivity contribution is 7.52. The Bertz CT molecular complexity index is 568. The number of ketones is 1. The minimum atomic E-state index is -4.86. The lowest BCUT2D eigenvalue weighted by Crippen LogP contribution is -2.30. The van der Waals surface area contributed by atoms with E-state index in [4.69, 9.17) is 9.79 Å². The van der Waals surface area contributed by atoms with Crippen molar-refractivity contribution in [3.8, 4) is 0 Å². The number of nitrogens with zero attached hydrogens (tertiary/aromatic N) is 2. The topological polar surface area (TPSA) is 92.4 Å². The lowest BCUT2D eigenvalue weighted by Gasteiger charge is -2.23. The Morgan fingerprint density at radius 1 is 1.35 bits per heavy atom. The van der Waals surface area contributed by atoms with Crippen LogP contribution in [-0.2, 0) is 16.3 Å². The molecule has 6 nitrogen and oxygen atoms in total. The molecule has 0 amide bonds. The second kappa shape index (κ2) is 4.98. The van der Waals surface area contributed by atoms with Gasteiger partial charge in [0, 0.05) is 0 Å². The van der Waals surface area contributed by atoms with Crippen LogP contribution in [0.15, 0.2) is 6.20 Å². The molecular weight excluding hydrogens is 300 g/mol. The molecular formula is C10H14F3N2O4P. The molecule has 0 aromatic carbocycles. The zero-order valence-corrected chi connectivity index (χ0v) is 11.9. The van der Waals surface area contributed by atoms with Crippen LogP contribution in [0.1, 0.15) is 36.8 Å². The first-order chi connectivity index (χ1) is 8.73. The lowest BCUT2D eigenvalue weighted by molar-refractivity contribution is -0.146. The molecule has 0 saturated heterocycles. The van der Waals surface area contributed by atoms with Crippen LogP contribution in [0.2, 0.25) is 0 Å². The highest BCUT2D eigenvalue weighted by Crippen LogP contribution is 2.39. The molecule has 2 N–H and O–H groups in total. The van der Waals surface area contributed by atoms with E-state index in [0.717, 1.165) is 0 Å². The van der Waals surface area contributed by atoms with Crippen molar-refractivity contribution in [3.63, 3.8) is 0 Å². The van der Waals surface area contributed by atoms with Crippen molar-refractivity contribution in [2.75, 3.05) is 6.16 Å². The molecule has 1 aromatic rings. The molecule has 0 fully saturated rings. The molecule has 1 aromatic heterocycles. The summed E-state index contributed by atoms with van der Waals surface area (Å²) >= 11 is 0. The van der Waals surface area contributed by atoms with Crippen molar-refractivity contribution in [1.82, 2.24) is 9.78 Å². The van der Waals surface area contributed by atoms with Gasteiger partial charge in [0.1, 0.15) is 6.16 Å². The van der Waals surface area contributed by atoms with Gasteiger partial charge in [-0.25, -0.2) is 0 Å². The summed E-state index contributed by atoms with van der Waals surface area (Å²) in [4.78, 5) is 29.0. The van der Waals surface area contributed by atoms with E-state index in [1.54, 1.807) is 0 Å². The molecule has 0 atom stereocenters. The maximum absolute atomic E-state index is 13.1. The summed E-state index contributed by atoms with van der Waals surface area (Å²) in [6, 6.07) is 0. The summed E-state index contributed by atoms with van der Waals surface area (Å²) in [5.74, 6) is -1.29. The largest absolute Gasteiger partial charge is 0.433 e. The Labute approximate surface area is 112 Å². The molecule has 0 aliphatic heterocycles. The Kier molecular flexibility index (Phi) is 4.20. The summed E-state index contributed by atoms with van der Waals surface area (Å²) in [7, 11) is -4.74. The fraction of sp³-hybridized carbons (Fsp3) is 0.600. The van der Waals surface area contributed by atoms with E-state index in [2.05, 4.69) is 5.10 Å². The molecule has 114 valence electrons. The van der Waals surface area contributed by atoms with Gasteiger partial charge < -0.3 is 9.79 Å². The molecule has 10 heteroatoms. The van der Waals surface area contributed by atoms with Gasteiger partial charge in [0.05, 0.1) is 17.3 Å². The van der Waals surface area contributed by atoms with Crippen molar-refractivity contribution < 1.29 is 32.3 Å². The number of carbonyl (C=O) groups is 1. The van der Waals surface area contributed by atoms with Crippen LogP contribution >= 0.6 is 7.60 Å². The van der Waals surface area contributed by atoms with Gasteiger partial charge in [0.25, 0.3) is 0 Å². The quantitative estimate of drug-likeness (QED) is 0.658. The van der Waals surface area contributed by atoms with E-state index >= 15 is 0 Å². The highest BCUT2D eigenvalue weighted by Gasteiger charge is 2.42. The third-order valence-electron chi connectivity index (χ3n) is 2.32.